The van der Waals surface area contributed by atoms with Crippen molar-refractivity contribution in [1.29, 1.82) is 0 Å². The summed E-state index contributed by atoms with van der Waals surface area (Å²) >= 11 is 0. The zero-order valence-electron chi connectivity index (χ0n) is 14.8. The second-order valence-corrected chi connectivity index (χ2v) is 6.51. The van der Waals surface area contributed by atoms with Crippen LogP contribution in [0.3, 0.4) is 0 Å². The van der Waals surface area contributed by atoms with Gasteiger partial charge in [-0.1, -0.05) is 48.5 Å². The lowest BCUT2D eigenvalue weighted by Gasteiger charge is -2.27. The van der Waals surface area contributed by atoms with Gasteiger partial charge in [0.25, 0.3) is 5.91 Å². The second kappa shape index (κ2) is 7.84. The highest BCUT2D eigenvalue weighted by atomic mass is 16.2. The molecule has 0 radical (unpaired) electrons. The van der Waals surface area contributed by atoms with E-state index in [1.165, 1.54) is 5.56 Å². The maximum Gasteiger partial charge on any atom is 0.254 e. The van der Waals surface area contributed by atoms with Crippen molar-refractivity contribution in [1.82, 2.24) is 9.47 Å². The fraction of sp³-hybridized carbons (Fsp3) is 0.227. The predicted octanol–water partition coefficient (Wildman–Crippen LogP) is 4.59. The quantitative estimate of drug-likeness (QED) is 0.648. The van der Waals surface area contributed by atoms with Crippen LogP contribution in [0.1, 0.15) is 35.5 Å². The minimum Gasteiger partial charge on any atom is -0.345 e. The number of nitrogens with zero attached hydrogens (tertiary/aromatic N) is 2. The highest BCUT2D eigenvalue weighted by Crippen LogP contribution is 2.15. The number of rotatable bonds is 6. The molecule has 1 amide bonds. The Kier molecular flexibility index (Phi) is 5.34. The van der Waals surface area contributed by atoms with Crippen LogP contribution >= 0.6 is 0 Å². The van der Waals surface area contributed by atoms with Crippen LogP contribution in [-0.4, -0.2) is 21.4 Å². The average molecular weight is 332 g/mol. The monoisotopic (exact) mass is 332 g/mol. The lowest BCUT2D eigenvalue weighted by atomic mass is 10.1. The van der Waals surface area contributed by atoms with Crippen molar-refractivity contribution in [2.75, 3.05) is 0 Å². The number of carbonyl (C=O) groups excluding carboxylic acids is 1. The molecular formula is C22H24N2O. The fourth-order valence-corrected chi connectivity index (χ4v) is 2.94. The summed E-state index contributed by atoms with van der Waals surface area (Å²) in [5.74, 6) is 0.0723. The van der Waals surface area contributed by atoms with E-state index in [4.69, 9.17) is 0 Å². The summed E-state index contributed by atoms with van der Waals surface area (Å²) in [6.45, 7) is 5.54. The molecule has 128 valence electrons. The summed E-state index contributed by atoms with van der Waals surface area (Å²) in [5, 5.41) is 0. The first-order valence-corrected chi connectivity index (χ1v) is 8.69. The molecule has 0 aliphatic rings. The molecule has 1 aromatic heterocycles. The van der Waals surface area contributed by atoms with Crippen LogP contribution in [0.5, 0.6) is 0 Å². The van der Waals surface area contributed by atoms with E-state index in [1.54, 1.807) is 0 Å². The van der Waals surface area contributed by atoms with E-state index in [0.717, 1.165) is 17.8 Å². The Morgan fingerprint density at radius 1 is 0.920 bits per heavy atom. The summed E-state index contributed by atoms with van der Waals surface area (Å²) in [4.78, 5) is 14.8. The SMILES string of the molecule is CC(C)N(Cc1cccn1Cc1ccccc1)C(=O)c1ccccc1. The van der Waals surface area contributed by atoms with Crippen LogP contribution in [-0.2, 0) is 13.1 Å². The average Bonchev–Trinajstić information content (AvgIpc) is 3.07. The van der Waals surface area contributed by atoms with Crippen LogP contribution < -0.4 is 0 Å². The van der Waals surface area contributed by atoms with Gasteiger partial charge < -0.3 is 9.47 Å². The predicted molar refractivity (Wildman–Crippen MR) is 101 cm³/mol. The third-order valence-corrected chi connectivity index (χ3v) is 4.36. The Labute approximate surface area is 149 Å². The summed E-state index contributed by atoms with van der Waals surface area (Å²) in [6, 6.07) is 24.2. The molecule has 2 aromatic carbocycles. The van der Waals surface area contributed by atoms with Gasteiger partial charge in [-0.3, -0.25) is 4.79 Å². The molecule has 0 unspecified atom stereocenters. The Bertz CT molecular complexity index is 806. The molecule has 0 saturated carbocycles. The smallest absolute Gasteiger partial charge is 0.254 e. The van der Waals surface area contributed by atoms with Gasteiger partial charge in [0.2, 0.25) is 0 Å². The topological polar surface area (TPSA) is 25.2 Å². The highest BCUT2D eigenvalue weighted by molar-refractivity contribution is 5.94. The van der Waals surface area contributed by atoms with Crippen molar-refractivity contribution in [3.63, 3.8) is 0 Å². The van der Waals surface area contributed by atoms with E-state index < -0.39 is 0 Å². The van der Waals surface area contributed by atoms with Gasteiger partial charge in [-0.25, -0.2) is 0 Å². The maximum absolute atomic E-state index is 12.9. The molecule has 0 aliphatic carbocycles. The van der Waals surface area contributed by atoms with E-state index in [1.807, 2.05) is 47.4 Å². The summed E-state index contributed by atoms with van der Waals surface area (Å²) in [7, 11) is 0. The standard InChI is InChI=1S/C22H24N2O/c1-18(2)24(22(25)20-12-7-4-8-13-20)17-21-14-9-15-23(21)16-19-10-5-3-6-11-19/h3-15,18H,16-17H2,1-2H3. The van der Waals surface area contributed by atoms with Gasteiger partial charge in [0.05, 0.1) is 6.54 Å². The lowest BCUT2D eigenvalue weighted by Crippen LogP contribution is -2.37. The Morgan fingerprint density at radius 2 is 1.56 bits per heavy atom. The first-order chi connectivity index (χ1) is 12.1. The van der Waals surface area contributed by atoms with E-state index in [0.29, 0.717) is 6.54 Å². The number of benzene rings is 2. The first-order valence-electron chi connectivity index (χ1n) is 8.69. The molecular weight excluding hydrogens is 308 g/mol. The third-order valence-electron chi connectivity index (χ3n) is 4.36. The van der Waals surface area contributed by atoms with E-state index in [-0.39, 0.29) is 11.9 Å². The van der Waals surface area contributed by atoms with Crippen LogP contribution in [0.2, 0.25) is 0 Å². The molecule has 0 aliphatic heterocycles. The molecule has 0 bridgehead atoms. The van der Waals surface area contributed by atoms with Gasteiger partial charge in [0, 0.05) is 30.0 Å². The van der Waals surface area contributed by atoms with Crippen LogP contribution in [0.15, 0.2) is 79.0 Å². The molecule has 1 heterocycles. The van der Waals surface area contributed by atoms with Crippen LogP contribution in [0.4, 0.5) is 0 Å². The van der Waals surface area contributed by atoms with Gasteiger partial charge in [0.1, 0.15) is 0 Å². The maximum atomic E-state index is 12.9. The van der Waals surface area contributed by atoms with E-state index in [2.05, 4.69) is 54.9 Å². The molecule has 3 rings (SSSR count). The number of aromatic nitrogens is 1. The van der Waals surface area contributed by atoms with E-state index >= 15 is 0 Å². The van der Waals surface area contributed by atoms with Crippen molar-refractivity contribution in [2.45, 2.75) is 33.0 Å². The van der Waals surface area contributed by atoms with Gasteiger partial charge in [-0.15, -0.1) is 0 Å². The zero-order valence-corrected chi connectivity index (χ0v) is 14.8. The van der Waals surface area contributed by atoms with Gasteiger partial charge in [0.15, 0.2) is 0 Å². The molecule has 3 aromatic rings. The number of amides is 1. The summed E-state index contributed by atoms with van der Waals surface area (Å²) in [6.07, 6.45) is 2.08. The normalized spacial score (nSPS) is 10.8. The molecule has 0 spiro atoms. The summed E-state index contributed by atoms with van der Waals surface area (Å²) < 4.78 is 2.21. The third kappa shape index (κ3) is 4.18. The number of carbonyl (C=O) groups is 1. The Morgan fingerprint density at radius 3 is 2.20 bits per heavy atom. The molecule has 0 atom stereocenters. The van der Waals surface area contributed by atoms with Crippen molar-refractivity contribution in [3.05, 3.63) is 95.8 Å². The molecule has 0 N–H and O–H groups in total. The molecule has 0 saturated heterocycles. The Hall–Kier alpha value is -2.81. The van der Waals surface area contributed by atoms with Crippen LogP contribution in [0, 0.1) is 0 Å². The molecule has 3 nitrogen and oxygen atoms in total. The van der Waals surface area contributed by atoms with E-state index in [9.17, 15) is 4.79 Å². The van der Waals surface area contributed by atoms with Crippen molar-refractivity contribution in [3.8, 4) is 0 Å². The minimum atomic E-state index is 0.0723. The van der Waals surface area contributed by atoms with Crippen molar-refractivity contribution in [2.24, 2.45) is 0 Å². The highest BCUT2D eigenvalue weighted by Gasteiger charge is 2.20. The largest absolute Gasteiger partial charge is 0.345 e. The van der Waals surface area contributed by atoms with Gasteiger partial charge in [-0.2, -0.15) is 0 Å². The Balaban J connectivity index is 1.80. The molecule has 25 heavy (non-hydrogen) atoms. The van der Waals surface area contributed by atoms with Crippen molar-refractivity contribution >= 4 is 5.91 Å². The first kappa shape index (κ1) is 17.0. The summed E-state index contributed by atoms with van der Waals surface area (Å²) in [5.41, 5.74) is 3.13. The lowest BCUT2D eigenvalue weighted by molar-refractivity contribution is 0.0686. The van der Waals surface area contributed by atoms with Gasteiger partial charge >= 0.3 is 0 Å². The fourth-order valence-electron chi connectivity index (χ4n) is 2.94. The number of hydrogen-bond acceptors (Lipinski definition) is 1. The molecule has 3 heteroatoms. The van der Waals surface area contributed by atoms with Crippen molar-refractivity contribution < 1.29 is 4.79 Å². The van der Waals surface area contributed by atoms with Crippen LogP contribution in [0.25, 0.3) is 0 Å². The zero-order chi connectivity index (χ0) is 17.6. The molecule has 0 fully saturated rings. The van der Waals surface area contributed by atoms with Gasteiger partial charge in [-0.05, 0) is 43.7 Å². The second-order valence-electron chi connectivity index (χ2n) is 6.51. The minimum absolute atomic E-state index is 0.0723. The number of hydrogen-bond donors (Lipinski definition) is 0.